The minimum atomic E-state index is -0.712. The summed E-state index contributed by atoms with van der Waals surface area (Å²) in [5.74, 6) is -0.544. The third-order valence-electron chi connectivity index (χ3n) is 3.32. The van der Waals surface area contributed by atoms with E-state index in [0.717, 1.165) is 12.1 Å². The van der Waals surface area contributed by atoms with Gasteiger partial charge in [-0.1, -0.05) is 19.1 Å². The van der Waals surface area contributed by atoms with Gasteiger partial charge in [-0.25, -0.2) is 0 Å². The SMILES string of the molecule is CC1CN(Cc2cccc(O)c2)CC1C(=O)O. The van der Waals surface area contributed by atoms with Gasteiger partial charge in [-0.3, -0.25) is 9.69 Å². The number of hydrogen-bond acceptors (Lipinski definition) is 3. The zero-order valence-electron chi connectivity index (χ0n) is 9.84. The predicted molar refractivity (Wildman–Crippen MR) is 63.7 cm³/mol. The van der Waals surface area contributed by atoms with Crippen molar-refractivity contribution in [2.45, 2.75) is 13.5 Å². The summed E-state index contributed by atoms with van der Waals surface area (Å²) in [5.41, 5.74) is 1.02. The minimum Gasteiger partial charge on any atom is -0.508 e. The number of likely N-dealkylation sites (tertiary alicyclic amines) is 1. The predicted octanol–water partition coefficient (Wildman–Crippen LogP) is 1.54. The maximum Gasteiger partial charge on any atom is 0.308 e. The first-order valence-corrected chi connectivity index (χ1v) is 5.79. The molecule has 1 aliphatic heterocycles. The van der Waals surface area contributed by atoms with E-state index in [9.17, 15) is 9.90 Å². The van der Waals surface area contributed by atoms with Gasteiger partial charge in [0.15, 0.2) is 0 Å². The number of phenols is 1. The van der Waals surface area contributed by atoms with E-state index in [-0.39, 0.29) is 17.6 Å². The summed E-state index contributed by atoms with van der Waals surface area (Å²) in [4.78, 5) is 13.1. The van der Waals surface area contributed by atoms with Gasteiger partial charge in [0.1, 0.15) is 5.75 Å². The van der Waals surface area contributed by atoms with Gasteiger partial charge in [0.25, 0.3) is 0 Å². The number of carboxylic acid groups (broad SMARTS) is 1. The molecule has 0 bridgehead atoms. The molecule has 4 heteroatoms. The summed E-state index contributed by atoms with van der Waals surface area (Å²) in [6.07, 6.45) is 0. The number of benzene rings is 1. The lowest BCUT2D eigenvalue weighted by Crippen LogP contribution is -2.23. The minimum absolute atomic E-state index is 0.185. The largest absolute Gasteiger partial charge is 0.508 e. The molecule has 2 atom stereocenters. The van der Waals surface area contributed by atoms with E-state index >= 15 is 0 Å². The molecule has 1 aliphatic rings. The van der Waals surface area contributed by atoms with Crippen LogP contribution in [0.25, 0.3) is 0 Å². The Morgan fingerprint density at radius 3 is 2.82 bits per heavy atom. The molecule has 92 valence electrons. The standard InChI is InChI=1S/C13H17NO3/c1-9-6-14(8-12(9)13(16)17)7-10-3-2-4-11(15)5-10/h2-5,9,12,15H,6-8H2,1H3,(H,16,17). The number of carbonyl (C=O) groups is 1. The van der Waals surface area contributed by atoms with E-state index in [1.807, 2.05) is 13.0 Å². The molecule has 2 rings (SSSR count). The number of hydrogen-bond donors (Lipinski definition) is 2. The van der Waals surface area contributed by atoms with Crippen molar-refractivity contribution in [1.82, 2.24) is 4.90 Å². The molecule has 2 unspecified atom stereocenters. The van der Waals surface area contributed by atoms with E-state index in [1.54, 1.807) is 18.2 Å². The molecule has 0 aromatic heterocycles. The Kier molecular flexibility index (Phi) is 3.33. The zero-order valence-corrected chi connectivity index (χ0v) is 9.84. The summed E-state index contributed by atoms with van der Waals surface area (Å²) in [6.45, 7) is 4.06. The van der Waals surface area contributed by atoms with Crippen molar-refractivity contribution in [2.24, 2.45) is 11.8 Å². The lowest BCUT2D eigenvalue weighted by Gasteiger charge is -2.15. The second-order valence-electron chi connectivity index (χ2n) is 4.79. The zero-order chi connectivity index (χ0) is 12.4. The highest BCUT2D eigenvalue weighted by Crippen LogP contribution is 2.25. The van der Waals surface area contributed by atoms with Crippen LogP contribution in [-0.4, -0.2) is 34.2 Å². The molecule has 1 aromatic rings. The van der Waals surface area contributed by atoms with Gasteiger partial charge in [-0.15, -0.1) is 0 Å². The topological polar surface area (TPSA) is 60.8 Å². The summed E-state index contributed by atoms with van der Waals surface area (Å²) >= 11 is 0. The van der Waals surface area contributed by atoms with Crippen LogP contribution in [0.3, 0.4) is 0 Å². The molecule has 0 aliphatic carbocycles. The van der Waals surface area contributed by atoms with E-state index < -0.39 is 5.97 Å². The van der Waals surface area contributed by atoms with Gasteiger partial charge in [0.05, 0.1) is 5.92 Å². The third-order valence-corrected chi connectivity index (χ3v) is 3.32. The molecule has 1 aromatic carbocycles. The quantitative estimate of drug-likeness (QED) is 0.834. The van der Waals surface area contributed by atoms with Crippen LogP contribution in [0.4, 0.5) is 0 Å². The lowest BCUT2D eigenvalue weighted by atomic mass is 9.99. The Labute approximate surface area is 100 Å². The Hall–Kier alpha value is -1.55. The first-order chi connectivity index (χ1) is 8.06. The first kappa shape index (κ1) is 11.9. The van der Waals surface area contributed by atoms with Crippen LogP contribution in [0.2, 0.25) is 0 Å². The number of phenolic OH excluding ortho intramolecular Hbond substituents is 1. The fraction of sp³-hybridized carbons (Fsp3) is 0.462. The highest BCUT2D eigenvalue weighted by atomic mass is 16.4. The van der Waals surface area contributed by atoms with Gasteiger partial charge in [-0.2, -0.15) is 0 Å². The second-order valence-corrected chi connectivity index (χ2v) is 4.79. The van der Waals surface area contributed by atoms with Crippen molar-refractivity contribution >= 4 is 5.97 Å². The summed E-state index contributed by atoms with van der Waals surface area (Å²) in [5, 5.41) is 18.4. The molecule has 1 fully saturated rings. The highest BCUT2D eigenvalue weighted by Gasteiger charge is 2.34. The van der Waals surface area contributed by atoms with Crippen LogP contribution < -0.4 is 0 Å². The fourth-order valence-electron chi connectivity index (χ4n) is 2.43. The Bertz CT molecular complexity index is 419. The van der Waals surface area contributed by atoms with Crippen LogP contribution >= 0.6 is 0 Å². The van der Waals surface area contributed by atoms with Crippen molar-refractivity contribution in [3.8, 4) is 5.75 Å². The summed E-state index contributed by atoms with van der Waals surface area (Å²) < 4.78 is 0. The van der Waals surface area contributed by atoms with Crippen molar-refractivity contribution in [3.63, 3.8) is 0 Å². The van der Waals surface area contributed by atoms with E-state index in [0.29, 0.717) is 13.1 Å². The molecule has 17 heavy (non-hydrogen) atoms. The molecule has 0 radical (unpaired) electrons. The maximum absolute atomic E-state index is 11.0. The average Bonchev–Trinajstić information content (AvgIpc) is 2.59. The number of aliphatic carboxylic acids is 1. The fourth-order valence-corrected chi connectivity index (χ4v) is 2.43. The molecule has 0 amide bonds. The highest BCUT2D eigenvalue weighted by molar-refractivity contribution is 5.71. The Balaban J connectivity index is 2.00. The summed E-state index contributed by atoms with van der Waals surface area (Å²) in [7, 11) is 0. The van der Waals surface area contributed by atoms with E-state index in [1.165, 1.54) is 0 Å². The number of nitrogens with zero attached hydrogens (tertiary/aromatic N) is 1. The van der Waals surface area contributed by atoms with Crippen LogP contribution in [-0.2, 0) is 11.3 Å². The van der Waals surface area contributed by atoms with E-state index in [2.05, 4.69) is 4.90 Å². The van der Waals surface area contributed by atoms with Gasteiger partial charge < -0.3 is 10.2 Å². The van der Waals surface area contributed by atoms with Crippen molar-refractivity contribution < 1.29 is 15.0 Å². The molecule has 2 N–H and O–H groups in total. The third kappa shape index (κ3) is 2.77. The van der Waals surface area contributed by atoms with Crippen molar-refractivity contribution in [3.05, 3.63) is 29.8 Å². The monoisotopic (exact) mass is 235 g/mol. The molecular formula is C13H17NO3. The second kappa shape index (κ2) is 4.75. The van der Waals surface area contributed by atoms with Gasteiger partial charge in [0.2, 0.25) is 0 Å². The molecule has 4 nitrogen and oxygen atoms in total. The van der Waals surface area contributed by atoms with Crippen LogP contribution in [0.15, 0.2) is 24.3 Å². The van der Waals surface area contributed by atoms with Crippen LogP contribution in [0, 0.1) is 11.8 Å². The van der Waals surface area contributed by atoms with Crippen molar-refractivity contribution in [2.75, 3.05) is 13.1 Å². The molecule has 0 saturated carbocycles. The number of rotatable bonds is 3. The normalized spacial score (nSPS) is 25.0. The Morgan fingerprint density at radius 2 is 2.24 bits per heavy atom. The Morgan fingerprint density at radius 1 is 1.47 bits per heavy atom. The van der Waals surface area contributed by atoms with Crippen LogP contribution in [0.1, 0.15) is 12.5 Å². The first-order valence-electron chi connectivity index (χ1n) is 5.79. The van der Waals surface area contributed by atoms with Gasteiger partial charge in [-0.05, 0) is 23.6 Å². The molecular weight excluding hydrogens is 218 g/mol. The molecule has 1 saturated heterocycles. The van der Waals surface area contributed by atoms with E-state index in [4.69, 9.17) is 5.11 Å². The van der Waals surface area contributed by atoms with Crippen LogP contribution in [0.5, 0.6) is 5.75 Å². The average molecular weight is 235 g/mol. The molecule has 0 spiro atoms. The number of carboxylic acids is 1. The maximum atomic E-state index is 11.0. The molecule has 1 heterocycles. The van der Waals surface area contributed by atoms with Gasteiger partial charge >= 0.3 is 5.97 Å². The number of aromatic hydroxyl groups is 1. The lowest BCUT2D eigenvalue weighted by molar-refractivity contribution is -0.142. The van der Waals surface area contributed by atoms with Crippen molar-refractivity contribution in [1.29, 1.82) is 0 Å². The summed E-state index contributed by atoms with van der Waals surface area (Å²) in [6, 6.07) is 7.10. The van der Waals surface area contributed by atoms with Gasteiger partial charge in [0, 0.05) is 19.6 Å². The smallest absolute Gasteiger partial charge is 0.308 e.